The maximum atomic E-state index is 13.5. The molecule has 1 saturated heterocycles. The molecule has 1 aromatic carbocycles. The summed E-state index contributed by atoms with van der Waals surface area (Å²) in [6.45, 7) is 11.6. The Kier molecular flexibility index (Phi) is 12.3. The zero-order chi connectivity index (χ0) is 27.7. The zero-order valence-electron chi connectivity index (χ0n) is 24.0. The molecule has 0 saturated carbocycles. The van der Waals surface area contributed by atoms with Gasteiger partial charge in [0.2, 0.25) is 0 Å². The van der Waals surface area contributed by atoms with Crippen LogP contribution in [0.1, 0.15) is 72.3 Å². The van der Waals surface area contributed by atoms with Crippen molar-refractivity contribution in [3.63, 3.8) is 0 Å². The molecule has 2 aliphatic heterocycles. The van der Waals surface area contributed by atoms with Crippen LogP contribution in [-0.4, -0.2) is 52.3 Å². The van der Waals surface area contributed by atoms with Crippen LogP contribution in [0.5, 0.6) is 0 Å². The van der Waals surface area contributed by atoms with Gasteiger partial charge in [-0.15, -0.1) is 0 Å². The first-order chi connectivity index (χ1) is 18.3. The summed E-state index contributed by atoms with van der Waals surface area (Å²) in [5.74, 6) is 0.957. The Morgan fingerprint density at radius 2 is 1.89 bits per heavy atom. The molecule has 2 heterocycles. The van der Waals surface area contributed by atoms with E-state index in [1.807, 2.05) is 36.2 Å². The quantitative estimate of drug-likeness (QED) is 0.319. The summed E-state index contributed by atoms with van der Waals surface area (Å²) < 4.78 is 9.10. The summed E-state index contributed by atoms with van der Waals surface area (Å²) >= 11 is -0.290. The number of ether oxygens (including phenoxy) is 1. The van der Waals surface area contributed by atoms with Gasteiger partial charge in [0, 0.05) is 7.11 Å². The van der Waals surface area contributed by atoms with E-state index in [0.29, 0.717) is 18.3 Å². The van der Waals surface area contributed by atoms with Gasteiger partial charge in [-0.3, -0.25) is 0 Å². The summed E-state index contributed by atoms with van der Waals surface area (Å²) in [4.78, 5) is 33.7. The number of nitrogens with one attached hydrogen (secondary N) is 1. The summed E-state index contributed by atoms with van der Waals surface area (Å²) in [7, 11) is 1.73. The van der Waals surface area contributed by atoms with Crippen LogP contribution in [0, 0.1) is 23.7 Å². The number of hydrogen-bond donors (Lipinski definition) is 1. The van der Waals surface area contributed by atoms with Gasteiger partial charge < -0.3 is 0 Å². The van der Waals surface area contributed by atoms with Gasteiger partial charge in [-0.25, -0.2) is 0 Å². The minimum absolute atomic E-state index is 0.0499. The van der Waals surface area contributed by atoms with Gasteiger partial charge in [0.15, 0.2) is 0 Å². The van der Waals surface area contributed by atoms with E-state index in [1.54, 1.807) is 7.11 Å². The third-order valence-electron chi connectivity index (χ3n) is 8.75. The standard InChI is InChI=1S/C31H47IN3O3/c1-7-21(3)25(8-2)28(38-6)20-29(36)35-18-12-15-27(35)22(4)23(5)31(37)34-26(30-32-16-17-33-30)19-24-13-10-9-11-14-24/h9-11,13-14,16-17,21-23,25-28H,7-8,12,15,18-20H2,1-6H3,(H,34,37)/q-1/t21-,22+,23+,25-,26-,27-,28+/m0/s1. The molecule has 212 valence electrons. The van der Waals surface area contributed by atoms with Crippen LogP contribution >= 0.6 is 0 Å². The molecular formula is C31H47IN3O3-. The molecule has 7 atom stereocenters. The van der Waals surface area contributed by atoms with Crippen molar-refractivity contribution in [2.45, 2.75) is 91.3 Å². The fourth-order valence-corrected chi connectivity index (χ4v) is 7.81. The number of rotatable bonds is 14. The molecule has 0 spiro atoms. The van der Waals surface area contributed by atoms with Gasteiger partial charge in [-0.1, -0.05) is 33.6 Å². The second kappa shape index (κ2) is 15.2. The van der Waals surface area contributed by atoms with Crippen molar-refractivity contribution < 1.29 is 35.5 Å². The van der Waals surface area contributed by atoms with E-state index in [4.69, 9.17) is 4.74 Å². The molecule has 1 fully saturated rings. The molecule has 0 radical (unpaired) electrons. The monoisotopic (exact) mass is 636 g/mol. The Morgan fingerprint density at radius 3 is 2.50 bits per heavy atom. The first kappa shape index (κ1) is 30.8. The molecule has 0 bridgehead atoms. The SMILES string of the molecule is CC[C@@H]([C@@H](C)CC)[C@@H](CC(=O)N1CCC[C@H]1[C@H](C)[C@@H](C)C(=O)N[C@@H](Cc1ccccc1)C1=NC=C[I-]1)OC. The Balaban J connectivity index is 1.65. The number of benzene rings is 1. The van der Waals surface area contributed by atoms with Crippen LogP contribution in [0.25, 0.3) is 0 Å². The predicted octanol–water partition coefficient (Wildman–Crippen LogP) is 2.43. The van der Waals surface area contributed by atoms with Crippen LogP contribution in [0.3, 0.4) is 0 Å². The molecule has 2 aliphatic rings. The minimum Gasteiger partial charge on any atom is 0.0359 e. The normalized spacial score (nSPS) is 22.1. The van der Waals surface area contributed by atoms with Crippen LogP contribution < -0.4 is 26.5 Å². The van der Waals surface area contributed by atoms with Gasteiger partial charge in [0.25, 0.3) is 0 Å². The topological polar surface area (TPSA) is 71.0 Å². The van der Waals surface area contributed by atoms with Crippen LogP contribution in [0.2, 0.25) is 0 Å². The number of aliphatic imine (C=N–C) groups is 1. The number of hydrogen-bond acceptors (Lipinski definition) is 4. The average Bonchev–Trinajstić information content (AvgIpc) is 3.65. The van der Waals surface area contributed by atoms with E-state index in [-0.39, 0.29) is 63.0 Å². The number of methoxy groups -OCH3 is 1. The van der Waals surface area contributed by atoms with Gasteiger partial charge in [-0.05, 0) is 5.92 Å². The second-order valence-corrected chi connectivity index (χ2v) is 13.4. The van der Waals surface area contributed by atoms with E-state index < -0.39 is 0 Å². The average molecular weight is 637 g/mol. The second-order valence-electron chi connectivity index (χ2n) is 11.0. The Hall–Kier alpha value is -1.74. The first-order valence-corrected chi connectivity index (χ1v) is 16.7. The van der Waals surface area contributed by atoms with Crippen molar-refractivity contribution >= 4 is 15.5 Å². The number of halogens is 1. The van der Waals surface area contributed by atoms with E-state index >= 15 is 0 Å². The summed E-state index contributed by atoms with van der Waals surface area (Å²) in [5.41, 5.74) is 1.19. The molecule has 1 N–H and O–H groups in total. The molecule has 6 nitrogen and oxygen atoms in total. The fourth-order valence-electron chi connectivity index (χ4n) is 5.99. The first-order valence-electron chi connectivity index (χ1n) is 14.3. The van der Waals surface area contributed by atoms with Crippen molar-refractivity contribution in [3.8, 4) is 0 Å². The van der Waals surface area contributed by atoms with Crippen molar-refractivity contribution in [3.05, 3.63) is 46.2 Å². The van der Waals surface area contributed by atoms with Crippen LogP contribution in [0.15, 0.2) is 45.6 Å². The molecule has 0 unspecified atom stereocenters. The van der Waals surface area contributed by atoms with Crippen LogP contribution in [-0.2, 0) is 20.7 Å². The molecule has 38 heavy (non-hydrogen) atoms. The van der Waals surface area contributed by atoms with Crippen molar-refractivity contribution in [1.82, 2.24) is 10.2 Å². The van der Waals surface area contributed by atoms with E-state index in [0.717, 1.165) is 42.4 Å². The maximum absolute atomic E-state index is 13.5. The van der Waals surface area contributed by atoms with Gasteiger partial charge in [0.1, 0.15) is 0 Å². The summed E-state index contributed by atoms with van der Waals surface area (Å²) in [6.07, 6.45) is 6.98. The predicted molar refractivity (Wildman–Crippen MR) is 150 cm³/mol. The number of nitrogens with zero attached hydrogens (tertiary/aromatic N) is 2. The molecule has 0 aliphatic carbocycles. The van der Waals surface area contributed by atoms with Gasteiger partial charge in [-0.2, -0.15) is 0 Å². The number of amides is 2. The molecular weight excluding hydrogens is 589 g/mol. The molecule has 2 amide bonds. The Labute approximate surface area is 240 Å². The van der Waals surface area contributed by atoms with Crippen molar-refractivity contribution in [2.24, 2.45) is 28.7 Å². The van der Waals surface area contributed by atoms with Gasteiger partial charge in [0.05, 0.1) is 0 Å². The zero-order valence-corrected chi connectivity index (χ0v) is 26.2. The smallest absolute Gasteiger partial charge is 0.0359 e. The third kappa shape index (κ3) is 7.90. The molecule has 3 rings (SSSR count). The summed E-state index contributed by atoms with van der Waals surface area (Å²) in [5, 5.41) is 3.33. The molecule has 1 aromatic rings. The fraction of sp³-hybridized carbons (Fsp3) is 0.645. The van der Waals surface area contributed by atoms with Crippen molar-refractivity contribution in [2.75, 3.05) is 13.7 Å². The number of likely N-dealkylation sites (tertiary alicyclic amines) is 1. The van der Waals surface area contributed by atoms with E-state index in [9.17, 15) is 9.59 Å². The minimum atomic E-state index is -0.290. The Morgan fingerprint density at radius 1 is 1.16 bits per heavy atom. The molecule has 7 heteroatoms. The van der Waals surface area contributed by atoms with E-state index in [2.05, 4.69) is 54.2 Å². The summed E-state index contributed by atoms with van der Waals surface area (Å²) in [6, 6.07) is 10.3. The van der Waals surface area contributed by atoms with E-state index in [1.165, 1.54) is 5.56 Å². The molecule has 0 aromatic heterocycles. The van der Waals surface area contributed by atoms with Gasteiger partial charge >= 0.3 is 194 Å². The van der Waals surface area contributed by atoms with Crippen molar-refractivity contribution in [1.29, 1.82) is 0 Å². The number of carbonyl (C=O) groups excluding carboxylic acids is 2. The van der Waals surface area contributed by atoms with Crippen LogP contribution in [0.4, 0.5) is 0 Å². The third-order valence-corrected chi connectivity index (χ3v) is 11.1. The number of carbonyl (C=O) groups is 2. The Bertz CT molecular complexity index is 966.